The van der Waals surface area contributed by atoms with Crippen molar-refractivity contribution in [3.8, 4) is 5.69 Å². The summed E-state index contributed by atoms with van der Waals surface area (Å²) >= 11 is 2.55. The molecule has 7 aromatic rings. The summed E-state index contributed by atoms with van der Waals surface area (Å²) in [5, 5.41) is 7.97. The van der Waals surface area contributed by atoms with Crippen LogP contribution in [-0.4, -0.2) is 24.2 Å². The first-order valence-corrected chi connectivity index (χ1v) is 20.1. The molecule has 0 amide bonds. The fraction of sp³-hybridized carbons (Fsp3) is 0.102. The van der Waals surface area contributed by atoms with Crippen LogP contribution in [0.15, 0.2) is 199 Å². The minimum atomic E-state index is 0.0578. The lowest BCUT2D eigenvalue weighted by Crippen LogP contribution is -2.35. The van der Waals surface area contributed by atoms with Gasteiger partial charge in [0, 0.05) is 69.0 Å². The maximum atomic E-state index is 6.28. The fourth-order valence-corrected chi connectivity index (χ4v) is 8.34. The second-order valence-electron chi connectivity index (χ2n) is 14.2. The minimum absolute atomic E-state index is 0.0578. The van der Waals surface area contributed by atoms with Gasteiger partial charge in [0.2, 0.25) is 0 Å². The van der Waals surface area contributed by atoms with E-state index in [0.29, 0.717) is 11.8 Å². The molecule has 7 heteroatoms. The third-order valence-electron chi connectivity index (χ3n) is 10.1. The van der Waals surface area contributed by atoms with Crippen molar-refractivity contribution in [1.29, 1.82) is 0 Å². The topological polar surface area (TPSA) is 62.7 Å². The Balaban J connectivity index is 1.19. The molecule has 8 rings (SSSR count). The van der Waals surface area contributed by atoms with Crippen molar-refractivity contribution < 1.29 is 0 Å². The van der Waals surface area contributed by atoms with Crippen LogP contribution in [0.3, 0.4) is 0 Å². The summed E-state index contributed by atoms with van der Waals surface area (Å²) in [7, 11) is 0. The third kappa shape index (κ3) is 7.30. The van der Waals surface area contributed by atoms with Crippen LogP contribution < -0.4 is 10.7 Å². The zero-order chi connectivity index (χ0) is 38.6. The summed E-state index contributed by atoms with van der Waals surface area (Å²) in [4.78, 5) is 9.01. The van der Waals surface area contributed by atoms with Crippen LogP contribution in [0, 0.1) is 5.92 Å². The average Bonchev–Trinajstić information content (AvgIpc) is 3.57. The number of nitrogens with zero attached hydrogens (tertiary/aromatic N) is 5. The summed E-state index contributed by atoms with van der Waals surface area (Å²) in [5.41, 5.74) is 10.3. The quantitative estimate of drug-likeness (QED) is 0.0283. The highest BCUT2D eigenvalue weighted by Crippen LogP contribution is 2.38. The van der Waals surface area contributed by atoms with Gasteiger partial charge in [-0.25, -0.2) is 0 Å². The number of pyridine rings is 1. The van der Waals surface area contributed by atoms with Crippen LogP contribution in [0.25, 0.3) is 44.1 Å². The molecule has 1 unspecified atom stereocenters. The van der Waals surface area contributed by atoms with Gasteiger partial charge >= 0.3 is 0 Å². The summed E-state index contributed by atoms with van der Waals surface area (Å²) < 4.78 is 2.41. The minimum Gasteiger partial charge on any atom is -0.321 e. The van der Waals surface area contributed by atoms with E-state index >= 15 is 0 Å². The Kier molecular flexibility index (Phi) is 10.7. The second kappa shape index (κ2) is 16.3. The molecule has 0 fully saturated rings. The molecule has 1 aliphatic rings. The average molecular weight is 843 g/mol. The first-order valence-electron chi connectivity index (χ1n) is 18.9. The number of anilines is 1. The predicted octanol–water partition coefficient (Wildman–Crippen LogP) is 12.1. The van der Waals surface area contributed by atoms with Gasteiger partial charge in [0.1, 0.15) is 0 Å². The predicted molar refractivity (Wildman–Crippen MR) is 245 cm³/mol. The molecule has 0 radical (unpaired) electrons. The standard InChI is InChI=1S/C49H43IN6/c1-34(2)14-11-12-31-54(39-24-26-40(27-25-39)56-46-20-9-7-18-42(46)43-19-8-10-21-47(43)56)41-28-29-48(44(50)33-41)55(35(3)36-15-5-4-6-16-36)49(53-51)38-23-22-37-17-13-30-52-45(37)32-38/h4-32,34,44H,3,33,51H2,1-2H3/b14-11-,31-12+,53-49-. The van der Waals surface area contributed by atoms with Crippen LogP contribution in [0.2, 0.25) is 0 Å². The maximum absolute atomic E-state index is 6.28. The monoisotopic (exact) mass is 842 g/mol. The van der Waals surface area contributed by atoms with E-state index in [4.69, 9.17) is 5.84 Å². The number of fused-ring (bicyclic) bond motifs is 4. The molecule has 6 nitrogen and oxygen atoms in total. The molecular weight excluding hydrogens is 799 g/mol. The number of allylic oxidation sites excluding steroid dienone is 7. The molecular formula is C49H43IN6. The maximum Gasteiger partial charge on any atom is 0.164 e. The van der Waals surface area contributed by atoms with E-state index < -0.39 is 0 Å². The van der Waals surface area contributed by atoms with E-state index in [1.54, 1.807) is 6.20 Å². The van der Waals surface area contributed by atoms with E-state index in [9.17, 15) is 0 Å². The fourth-order valence-electron chi connectivity index (χ4n) is 7.40. The Morgan fingerprint density at radius 1 is 0.821 bits per heavy atom. The summed E-state index contributed by atoms with van der Waals surface area (Å²) in [5.74, 6) is 7.34. The molecule has 1 aliphatic carbocycles. The van der Waals surface area contributed by atoms with Crippen molar-refractivity contribution in [3.63, 3.8) is 0 Å². The number of alkyl halides is 1. The zero-order valence-electron chi connectivity index (χ0n) is 31.5. The Hall–Kier alpha value is -6.19. The molecule has 0 spiro atoms. The Morgan fingerprint density at radius 3 is 2.20 bits per heavy atom. The largest absolute Gasteiger partial charge is 0.321 e. The summed E-state index contributed by atoms with van der Waals surface area (Å²) in [6.45, 7) is 8.98. The number of halogens is 1. The number of amidine groups is 1. The molecule has 0 bridgehead atoms. The van der Waals surface area contributed by atoms with Crippen molar-refractivity contribution in [2.24, 2.45) is 16.9 Å². The van der Waals surface area contributed by atoms with Gasteiger partial charge in [-0.1, -0.05) is 140 Å². The molecule has 0 aliphatic heterocycles. The first-order chi connectivity index (χ1) is 27.4. The first kappa shape index (κ1) is 36.8. The third-order valence-corrected chi connectivity index (χ3v) is 11.2. The van der Waals surface area contributed by atoms with Gasteiger partial charge < -0.3 is 15.3 Å². The smallest absolute Gasteiger partial charge is 0.164 e. The second-order valence-corrected chi connectivity index (χ2v) is 15.7. The number of hydrogen-bond donors (Lipinski definition) is 1. The number of hydrazone groups is 1. The highest BCUT2D eigenvalue weighted by Gasteiger charge is 2.30. The van der Waals surface area contributed by atoms with E-state index in [1.807, 2.05) is 36.4 Å². The lowest BCUT2D eigenvalue weighted by atomic mass is 10.0. The number of nitrogens with two attached hydrogens (primary N) is 1. The van der Waals surface area contributed by atoms with Gasteiger partial charge in [-0.15, -0.1) is 0 Å². The Bertz CT molecular complexity index is 2650. The van der Waals surface area contributed by atoms with E-state index in [-0.39, 0.29) is 3.92 Å². The van der Waals surface area contributed by atoms with Gasteiger partial charge in [-0.05, 0) is 78.2 Å². The SMILES string of the molecule is C=C(c1ccccc1)N(C1=CC=C(N(/C=C/C=C\C(C)C)c2ccc(-n3c4ccccc4c4ccccc43)cc2)CC1I)/C(=N\N)c1ccc2cccnc2c1. The van der Waals surface area contributed by atoms with Crippen molar-refractivity contribution >= 4 is 72.5 Å². The summed E-state index contributed by atoms with van der Waals surface area (Å²) in [6.07, 6.45) is 15.6. The Morgan fingerprint density at radius 2 is 1.52 bits per heavy atom. The van der Waals surface area contributed by atoms with E-state index in [2.05, 4.69) is 201 Å². The van der Waals surface area contributed by atoms with Crippen LogP contribution >= 0.6 is 22.6 Å². The van der Waals surface area contributed by atoms with Crippen LogP contribution in [0.4, 0.5) is 5.69 Å². The highest BCUT2D eigenvalue weighted by molar-refractivity contribution is 14.1. The number of benzene rings is 5. The van der Waals surface area contributed by atoms with Gasteiger partial charge in [0.25, 0.3) is 0 Å². The lowest BCUT2D eigenvalue weighted by Gasteiger charge is -2.36. The normalized spacial score (nSPS) is 14.9. The van der Waals surface area contributed by atoms with Crippen molar-refractivity contribution in [2.75, 3.05) is 4.90 Å². The number of hydrogen-bond acceptors (Lipinski definition) is 4. The molecule has 0 saturated heterocycles. The van der Waals surface area contributed by atoms with Crippen LogP contribution in [0.1, 0.15) is 31.4 Å². The molecule has 276 valence electrons. The number of rotatable bonds is 10. The van der Waals surface area contributed by atoms with Crippen LogP contribution in [-0.2, 0) is 0 Å². The molecule has 2 aromatic heterocycles. The molecule has 1 atom stereocenters. The number of para-hydroxylation sites is 2. The molecule has 2 heterocycles. The van der Waals surface area contributed by atoms with Crippen molar-refractivity contribution in [2.45, 2.75) is 24.2 Å². The van der Waals surface area contributed by atoms with Gasteiger partial charge in [-0.2, -0.15) is 5.10 Å². The zero-order valence-corrected chi connectivity index (χ0v) is 33.7. The van der Waals surface area contributed by atoms with Gasteiger partial charge in [-0.3, -0.25) is 9.88 Å². The molecule has 5 aromatic carbocycles. The highest BCUT2D eigenvalue weighted by atomic mass is 127. The van der Waals surface area contributed by atoms with E-state index in [0.717, 1.165) is 51.2 Å². The van der Waals surface area contributed by atoms with Crippen molar-refractivity contribution in [3.05, 3.63) is 205 Å². The van der Waals surface area contributed by atoms with Gasteiger partial charge in [0.05, 0.1) is 20.5 Å². The van der Waals surface area contributed by atoms with Gasteiger partial charge in [0.15, 0.2) is 5.84 Å². The molecule has 2 N–H and O–H groups in total. The van der Waals surface area contributed by atoms with Crippen molar-refractivity contribution in [1.82, 2.24) is 14.5 Å². The van der Waals surface area contributed by atoms with E-state index in [1.165, 1.54) is 27.5 Å². The number of aromatic nitrogens is 2. The molecule has 56 heavy (non-hydrogen) atoms. The molecule has 0 saturated carbocycles. The summed E-state index contributed by atoms with van der Waals surface area (Å²) in [6, 6.07) is 46.5. The lowest BCUT2D eigenvalue weighted by molar-refractivity contribution is 0.664. The van der Waals surface area contributed by atoms with Crippen LogP contribution in [0.5, 0.6) is 0 Å². The Labute approximate surface area is 342 Å².